The minimum Gasteiger partial charge on any atom is -0.477 e. The molecule has 0 saturated carbocycles. The summed E-state index contributed by atoms with van der Waals surface area (Å²) in [7, 11) is 1.56. The third-order valence-electron chi connectivity index (χ3n) is 3.04. The first-order chi connectivity index (χ1) is 9.08. The Morgan fingerprint density at radius 2 is 2.26 bits per heavy atom. The summed E-state index contributed by atoms with van der Waals surface area (Å²) < 4.78 is 14.9. The average molecular weight is 259 g/mol. The van der Waals surface area contributed by atoms with Crippen LogP contribution in [0.25, 0.3) is 22.2 Å². The Kier molecular flexibility index (Phi) is 2.38. The molecule has 3 aromatic rings. The van der Waals surface area contributed by atoms with Crippen LogP contribution in [0, 0.1) is 5.82 Å². The van der Waals surface area contributed by atoms with E-state index in [1.54, 1.807) is 25.4 Å². The zero-order valence-electron chi connectivity index (χ0n) is 10.0. The Bertz CT molecular complexity index is 788. The molecule has 1 aromatic carbocycles. The molecule has 5 nitrogen and oxygen atoms in total. The number of hydrogen-bond donors (Lipinski definition) is 2. The van der Waals surface area contributed by atoms with Gasteiger partial charge < -0.3 is 10.1 Å². The van der Waals surface area contributed by atoms with Crippen LogP contribution in [0.1, 0.15) is 10.5 Å². The van der Waals surface area contributed by atoms with Gasteiger partial charge in [0.2, 0.25) is 0 Å². The van der Waals surface area contributed by atoms with Crippen LogP contribution in [0.2, 0.25) is 0 Å². The number of carbonyl (C=O) groups is 1. The van der Waals surface area contributed by atoms with Crippen molar-refractivity contribution in [3.8, 4) is 11.3 Å². The van der Waals surface area contributed by atoms with Gasteiger partial charge in [0.15, 0.2) is 0 Å². The molecule has 0 aliphatic heterocycles. The number of hydrogen-bond acceptors (Lipinski definition) is 2. The van der Waals surface area contributed by atoms with E-state index in [1.807, 2.05) is 0 Å². The van der Waals surface area contributed by atoms with Crippen molar-refractivity contribution in [3.63, 3.8) is 0 Å². The number of halogens is 1. The summed E-state index contributed by atoms with van der Waals surface area (Å²) in [4.78, 5) is 13.8. The van der Waals surface area contributed by atoms with Crippen LogP contribution in [0.5, 0.6) is 0 Å². The van der Waals surface area contributed by atoms with Gasteiger partial charge in [0.05, 0.1) is 11.2 Å². The summed E-state index contributed by atoms with van der Waals surface area (Å²) >= 11 is 0. The molecule has 0 unspecified atom stereocenters. The zero-order valence-corrected chi connectivity index (χ0v) is 10.0. The fourth-order valence-electron chi connectivity index (χ4n) is 2.13. The molecule has 0 bridgehead atoms. The Morgan fingerprint density at radius 3 is 2.95 bits per heavy atom. The molecule has 3 rings (SSSR count). The molecule has 0 amide bonds. The predicted octanol–water partition coefficient (Wildman–Crippen LogP) is 2.41. The average Bonchev–Trinajstić information content (AvgIpc) is 2.93. The molecule has 0 aliphatic carbocycles. The van der Waals surface area contributed by atoms with Gasteiger partial charge in [0.1, 0.15) is 11.5 Å². The van der Waals surface area contributed by atoms with Crippen molar-refractivity contribution in [1.82, 2.24) is 14.8 Å². The van der Waals surface area contributed by atoms with Gasteiger partial charge in [-0.25, -0.2) is 9.18 Å². The van der Waals surface area contributed by atoms with E-state index in [0.29, 0.717) is 22.2 Å². The highest BCUT2D eigenvalue weighted by Gasteiger charge is 2.16. The number of carboxylic acids is 1. The number of aromatic carboxylic acids is 1. The van der Waals surface area contributed by atoms with E-state index in [0.717, 1.165) is 0 Å². The number of H-pyrrole nitrogens is 1. The quantitative estimate of drug-likeness (QED) is 0.742. The van der Waals surface area contributed by atoms with Gasteiger partial charge in [-0.1, -0.05) is 12.1 Å². The minimum atomic E-state index is -1.05. The summed E-state index contributed by atoms with van der Waals surface area (Å²) in [5, 5.41) is 13.8. The summed E-state index contributed by atoms with van der Waals surface area (Å²) in [6, 6.07) is 6.20. The second kappa shape index (κ2) is 3.94. The fourth-order valence-corrected chi connectivity index (χ4v) is 2.13. The largest absolute Gasteiger partial charge is 0.477 e. The van der Waals surface area contributed by atoms with Crippen LogP contribution in [-0.4, -0.2) is 25.8 Å². The molecule has 2 aromatic heterocycles. The second-order valence-corrected chi connectivity index (χ2v) is 4.21. The number of rotatable bonds is 2. The van der Waals surface area contributed by atoms with Crippen molar-refractivity contribution >= 4 is 16.9 Å². The standard InChI is InChI=1S/C13H10FN3O2/c1-17-11(13(18)19)5-10(16-17)8-6-15-12-7(8)3-2-4-9(12)14/h2-6,15H,1H3,(H,18,19). The molecule has 2 N–H and O–H groups in total. The molecule has 2 heterocycles. The van der Waals surface area contributed by atoms with Crippen molar-refractivity contribution in [2.24, 2.45) is 7.05 Å². The SMILES string of the molecule is Cn1nc(-c2c[nH]c3c(F)cccc23)cc1C(=O)O. The highest BCUT2D eigenvalue weighted by Crippen LogP contribution is 2.29. The third-order valence-corrected chi connectivity index (χ3v) is 3.04. The summed E-state index contributed by atoms with van der Waals surface area (Å²) in [6.07, 6.45) is 1.63. The maximum absolute atomic E-state index is 13.6. The number of aromatic amines is 1. The molecule has 0 saturated heterocycles. The summed E-state index contributed by atoms with van der Waals surface area (Å²) in [6.45, 7) is 0. The molecular formula is C13H10FN3O2. The first kappa shape index (κ1) is 11.5. The van der Waals surface area contributed by atoms with Crippen LogP contribution >= 0.6 is 0 Å². The normalized spacial score (nSPS) is 11.1. The van der Waals surface area contributed by atoms with Gasteiger partial charge in [-0.15, -0.1) is 0 Å². The Hall–Kier alpha value is -2.63. The molecule has 0 aliphatic rings. The maximum Gasteiger partial charge on any atom is 0.354 e. The molecule has 0 fully saturated rings. The smallest absolute Gasteiger partial charge is 0.354 e. The van der Waals surface area contributed by atoms with Gasteiger partial charge in [-0.3, -0.25) is 4.68 Å². The lowest BCUT2D eigenvalue weighted by Crippen LogP contribution is -2.04. The molecule has 0 atom stereocenters. The molecule has 0 spiro atoms. The number of benzene rings is 1. The monoisotopic (exact) mass is 259 g/mol. The first-order valence-electron chi connectivity index (χ1n) is 5.61. The molecule has 19 heavy (non-hydrogen) atoms. The summed E-state index contributed by atoms with van der Waals surface area (Å²) in [5.41, 5.74) is 1.65. The molecule has 0 radical (unpaired) electrons. The van der Waals surface area contributed by atoms with Gasteiger partial charge in [0, 0.05) is 24.2 Å². The number of aromatic nitrogens is 3. The Morgan fingerprint density at radius 1 is 1.47 bits per heavy atom. The highest BCUT2D eigenvalue weighted by atomic mass is 19.1. The van der Waals surface area contributed by atoms with Crippen molar-refractivity contribution in [1.29, 1.82) is 0 Å². The van der Waals surface area contributed by atoms with Gasteiger partial charge >= 0.3 is 5.97 Å². The Balaban J connectivity index is 2.22. The van der Waals surface area contributed by atoms with E-state index in [9.17, 15) is 9.18 Å². The predicted molar refractivity (Wildman–Crippen MR) is 67.4 cm³/mol. The van der Waals surface area contributed by atoms with Gasteiger partial charge in [-0.2, -0.15) is 5.10 Å². The highest BCUT2D eigenvalue weighted by molar-refractivity contribution is 5.96. The number of para-hydroxylation sites is 1. The second-order valence-electron chi connectivity index (χ2n) is 4.21. The molecular weight excluding hydrogens is 249 g/mol. The van der Waals surface area contributed by atoms with E-state index in [2.05, 4.69) is 10.1 Å². The van der Waals surface area contributed by atoms with E-state index < -0.39 is 5.97 Å². The van der Waals surface area contributed by atoms with Crippen molar-refractivity contribution in [2.75, 3.05) is 0 Å². The lowest BCUT2D eigenvalue weighted by atomic mass is 10.1. The van der Waals surface area contributed by atoms with E-state index >= 15 is 0 Å². The van der Waals surface area contributed by atoms with Crippen LogP contribution < -0.4 is 0 Å². The molecule has 96 valence electrons. The number of nitrogens with zero attached hydrogens (tertiary/aromatic N) is 2. The van der Waals surface area contributed by atoms with Crippen LogP contribution in [0.15, 0.2) is 30.5 Å². The van der Waals surface area contributed by atoms with Crippen LogP contribution in [0.3, 0.4) is 0 Å². The third kappa shape index (κ3) is 1.69. The maximum atomic E-state index is 13.6. The zero-order chi connectivity index (χ0) is 13.6. The van der Waals surface area contributed by atoms with Crippen LogP contribution in [-0.2, 0) is 7.05 Å². The van der Waals surface area contributed by atoms with Crippen LogP contribution in [0.4, 0.5) is 4.39 Å². The first-order valence-corrected chi connectivity index (χ1v) is 5.61. The number of aryl methyl sites for hydroxylation is 1. The van der Waals surface area contributed by atoms with E-state index in [-0.39, 0.29) is 11.5 Å². The number of fused-ring (bicyclic) bond motifs is 1. The lowest BCUT2D eigenvalue weighted by molar-refractivity contribution is 0.0685. The van der Waals surface area contributed by atoms with Gasteiger partial charge in [-0.05, 0) is 12.1 Å². The number of carboxylic acid groups (broad SMARTS) is 1. The fraction of sp³-hybridized carbons (Fsp3) is 0.0769. The summed E-state index contributed by atoms with van der Waals surface area (Å²) in [5.74, 6) is -1.40. The Labute approximate surface area is 107 Å². The van der Waals surface area contributed by atoms with E-state index in [1.165, 1.54) is 16.8 Å². The van der Waals surface area contributed by atoms with Crippen molar-refractivity contribution in [3.05, 3.63) is 42.0 Å². The van der Waals surface area contributed by atoms with Gasteiger partial charge in [0.25, 0.3) is 0 Å². The molecule has 6 heteroatoms. The van der Waals surface area contributed by atoms with E-state index in [4.69, 9.17) is 5.11 Å². The topological polar surface area (TPSA) is 70.9 Å². The number of nitrogens with one attached hydrogen (secondary N) is 1. The van der Waals surface area contributed by atoms with Crippen molar-refractivity contribution in [2.45, 2.75) is 0 Å². The minimum absolute atomic E-state index is 0.0840. The van der Waals surface area contributed by atoms with Crippen molar-refractivity contribution < 1.29 is 14.3 Å². The lowest BCUT2D eigenvalue weighted by Gasteiger charge is -1.94.